The number of halogens is 3. The number of benzene rings is 3. The molecule has 1 heterocycles. The van der Waals surface area contributed by atoms with Crippen molar-refractivity contribution in [2.45, 2.75) is 32.5 Å². The van der Waals surface area contributed by atoms with Crippen molar-refractivity contribution in [2.75, 3.05) is 0 Å². The summed E-state index contributed by atoms with van der Waals surface area (Å²) in [5.74, 6) is -1.16. The second kappa shape index (κ2) is 13.0. The summed E-state index contributed by atoms with van der Waals surface area (Å²) in [6.07, 6.45) is 0.255. The van der Waals surface area contributed by atoms with Crippen LogP contribution in [0.5, 0.6) is 5.75 Å². The van der Waals surface area contributed by atoms with Crippen LogP contribution < -0.4 is 4.74 Å². The zero-order valence-corrected chi connectivity index (χ0v) is 22.3. The third kappa shape index (κ3) is 7.60. The molecule has 6 nitrogen and oxygen atoms in total. The minimum Gasteiger partial charge on any atom is -0.488 e. The van der Waals surface area contributed by atoms with E-state index in [1.807, 2.05) is 36.4 Å². The molecule has 0 spiro atoms. The quantitative estimate of drug-likeness (QED) is 0.192. The Hall–Kier alpha value is -4.92. The largest absolute Gasteiger partial charge is 0.488 e. The van der Waals surface area contributed by atoms with E-state index in [-0.39, 0.29) is 5.70 Å². The third-order valence-corrected chi connectivity index (χ3v) is 6.31. The highest BCUT2D eigenvalue weighted by Crippen LogP contribution is 2.33. The second-order valence-corrected chi connectivity index (χ2v) is 9.24. The lowest BCUT2D eigenvalue weighted by Crippen LogP contribution is -2.17. The number of ether oxygens (including phenoxy) is 1. The fourth-order valence-electron chi connectivity index (χ4n) is 4.15. The van der Waals surface area contributed by atoms with Crippen molar-refractivity contribution in [3.63, 3.8) is 0 Å². The predicted molar refractivity (Wildman–Crippen MR) is 153 cm³/mol. The summed E-state index contributed by atoms with van der Waals surface area (Å²) in [6, 6.07) is 25.8. The van der Waals surface area contributed by atoms with Crippen LogP contribution >= 0.6 is 0 Å². The highest BCUT2D eigenvalue weighted by atomic mass is 19.4. The Morgan fingerprint density at radius 1 is 0.951 bits per heavy atom. The molecule has 0 aliphatic rings. The van der Waals surface area contributed by atoms with E-state index in [9.17, 15) is 18.0 Å². The van der Waals surface area contributed by atoms with Gasteiger partial charge in [-0.2, -0.15) is 18.3 Å². The average Bonchev–Trinajstić information content (AvgIpc) is 3.43. The van der Waals surface area contributed by atoms with Crippen LogP contribution in [0.3, 0.4) is 0 Å². The smallest absolute Gasteiger partial charge is 0.434 e. The molecule has 0 amide bonds. The molecule has 1 aromatic heterocycles. The van der Waals surface area contributed by atoms with Gasteiger partial charge in [-0.05, 0) is 54.7 Å². The first-order valence-corrected chi connectivity index (χ1v) is 12.8. The SMILES string of the molecule is C=C(N=C/C=C(\C)n1ncc(C(=O)O)c1C(F)(F)F)c1ccccc1OCc1ccc(CCc2ccccc2)cc1. The molecular formula is C32H28F3N3O3. The van der Waals surface area contributed by atoms with Gasteiger partial charge in [-0.15, -0.1) is 0 Å². The van der Waals surface area contributed by atoms with Gasteiger partial charge >= 0.3 is 12.1 Å². The monoisotopic (exact) mass is 559 g/mol. The van der Waals surface area contributed by atoms with Gasteiger partial charge in [0.05, 0.1) is 11.9 Å². The van der Waals surface area contributed by atoms with Gasteiger partial charge in [0.15, 0.2) is 5.69 Å². The lowest BCUT2D eigenvalue weighted by Gasteiger charge is -2.12. The van der Waals surface area contributed by atoms with E-state index in [1.54, 1.807) is 18.2 Å². The molecule has 0 radical (unpaired) electrons. The van der Waals surface area contributed by atoms with Crippen LogP contribution in [0.1, 0.15) is 45.2 Å². The number of aromatic nitrogens is 2. The molecule has 0 atom stereocenters. The van der Waals surface area contributed by atoms with Crippen molar-refractivity contribution in [2.24, 2.45) is 4.99 Å². The summed E-state index contributed by atoms with van der Waals surface area (Å²) in [5, 5.41) is 12.7. The number of rotatable bonds is 11. The molecule has 0 bridgehead atoms. The summed E-state index contributed by atoms with van der Waals surface area (Å²) < 4.78 is 47.0. The van der Waals surface area contributed by atoms with Crippen LogP contribution in [0.2, 0.25) is 0 Å². The van der Waals surface area contributed by atoms with Crippen LogP contribution in [-0.2, 0) is 25.6 Å². The molecule has 0 aliphatic heterocycles. The van der Waals surface area contributed by atoms with Crippen molar-refractivity contribution in [1.82, 2.24) is 9.78 Å². The fraction of sp³-hybridized carbons (Fsp3) is 0.156. The Bertz CT molecular complexity index is 1570. The number of carboxylic acids is 1. The molecule has 4 rings (SSSR count). The maximum atomic E-state index is 13.5. The van der Waals surface area contributed by atoms with Crippen LogP contribution in [-0.4, -0.2) is 27.1 Å². The van der Waals surface area contributed by atoms with Gasteiger partial charge in [-0.3, -0.25) is 4.99 Å². The summed E-state index contributed by atoms with van der Waals surface area (Å²) in [6.45, 7) is 5.66. The van der Waals surface area contributed by atoms with Gasteiger partial charge in [-0.25, -0.2) is 9.48 Å². The minimum atomic E-state index is -4.90. The van der Waals surface area contributed by atoms with Gasteiger partial charge in [0.1, 0.15) is 17.9 Å². The third-order valence-electron chi connectivity index (χ3n) is 6.31. The molecule has 0 saturated carbocycles. The van der Waals surface area contributed by atoms with Crippen LogP contribution in [0, 0.1) is 0 Å². The van der Waals surface area contributed by atoms with E-state index in [0.717, 1.165) is 18.4 Å². The number of hydrogen-bond donors (Lipinski definition) is 1. The highest BCUT2D eigenvalue weighted by molar-refractivity contribution is 5.90. The lowest BCUT2D eigenvalue weighted by molar-refractivity contribution is -0.143. The molecule has 1 N–H and O–H groups in total. The first kappa shape index (κ1) is 29.1. The average molecular weight is 560 g/mol. The van der Waals surface area contributed by atoms with Crippen molar-refractivity contribution in [1.29, 1.82) is 0 Å². The second-order valence-electron chi connectivity index (χ2n) is 9.24. The zero-order valence-electron chi connectivity index (χ0n) is 22.3. The minimum absolute atomic E-state index is 0.0260. The van der Waals surface area contributed by atoms with Crippen molar-refractivity contribution < 1.29 is 27.8 Å². The first-order valence-electron chi connectivity index (χ1n) is 12.8. The number of carboxylic acid groups (broad SMARTS) is 1. The number of aromatic carboxylic acids is 1. The Morgan fingerprint density at radius 3 is 2.22 bits per heavy atom. The number of carbonyl (C=O) groups is 1. The number of allylic oxidation sites excluding steroid dienone is 2. The number of nitrogens with zero attached hydrogens (tertiary/aromatic N) is 3. The number of hydrogen-bond acceptors (Lipinski definition) is 4. The summed E-state index contributed by atoms with van der Waals surface area (Å²) in [7, 11) is 0. The van der Waals surface area contributed by atoms with E-state index in [1.165, 1.54) is 30.3 Å². The zero-order chi connectivity index (χ0) is 29.4. The van der Waals surface area contributed by atoms with Crippen molar-refractivity contribution >= 4 is 23.6 Å². The van der Waals surface area contributed by atoms with Crippen molar-refractivity contribution in [3.05, 3.63) is 131 Å². The number of alkyl halides is 3. The standard InChI is InChI=1S/C32H28F3N3O3/c1-22(38-30(32(33,34)35)28(20-37-38)31(39)40)18-19-36-23(2)27-10-6-7-11-29(27)41-21-26-16-14-25(15-17-26)13-12-24-8-4-3-5-9-24/h3-11,14-20H,2,12-13,21H2,1H3,(H,39,40)/b22-18+,36-19?. The fourth-order valence-corrected chi connectivity index (χ4v) is 4.15. The first-order chi connectivity index (χ1) is 19.6. The van der Waals surface area contributed by atoms with Crippen LogP contribution in [0.4, 0.5) is 13.2 Å². The number of para-hydroxylation sites is 1. The van der Waals surface area contributed by atoms with Gasteiger partial charge in [0.25, 0.3) is 0 Å². The van der Waals surface area contributed by atoms with Crippen LogP contribution in [0.25, 0.3) is 11.4 Å². The van der Waals surface area contributed by atoms with E-state index < -0.39 is 23.4 Å². The van der Waals surface area contributed by atoms with E-state index >= 15 is 0 Å². The molecule has 3 aromatic carbocycles. The van der Waals surface area contributed by atoms with Gasteiger partial charge < -0.3 is 9.84 Å². The Balaban J connectivity index is 1.40. The molecule has 0 fully saturated rings. The summed E-state index contributed by atoms with van der Waals surface area (Å²) in [4.78, 5) is 15.5. The molecule has 41 heavy (non-hydrogen) atoms. The Labute approximate surface area is 235 Å². The Morgan fingerprint density at radius 2 is 1.56 bits per heavy atom. The van der Waals surface area contributed by atoms with E-state index in [4.69, 9.17) is 9.84 Å². The normalized spacial score (nSPS) is 12.0. The number of aliphatic imine (C=N–C) groups is 1. The van der Waals surface area contributed by atoms with Crippen LogP contribution in [0.15, 0.2) is 103 Å². The van der Waals surface area contributed by atoms with E-state index in [0.29, 0.717) is 34.5 Å². The predicted octanol–water partition coefficient (Wildman–Crippen LogP) is 7.57. The summed E-state index contributed by atoms with van der Waals surface area (Å²) in [5.41, 5.74) is 2.22. The Kier molecular flexibility index (Phi) is 9.19. The van der Waals surface area contributed by atoms with E-state index in [2.05, 4.69) is 40.9 Å². The maximum Gasteiger partial charge on any atom is 0.434 e. The molecular weight excluding hydrogens is 531 g/mol. The maximum absolute atomic E-state index is 13.5. The molecule has 0 unspecified atom stereocenters. The summed E-state index contributed by atoms with van der Waals surface area (Å²) >= 11 is 0. The topological polar surface area (TPSA) is 76.7 Å². The van der Waals surface area contributed by atoms with Gasteiger partial charge in [0, 0.05) is 17.5 Å². The molecule has 0 aliphatic carbocycles. The molecule has 210 valence electrons. The van der Waals surface area contributed by atoms with Gasteiger partial charge in [-0.1, -0.05) is 73.3 Å². The molecule has 4 aromatic rings. The van der Waals surface area contributed by atoms with Crippen molar-refractivity contribution in [3.8, 4) is 5.75 Å². The van der Waals surface area contributed by atoms with Gasteiger partial charge in [0.2, 0.25) is 0 Å². The molecule has 9 heteroatoms. The molecule has 0 saturated heterocycles. The lowest BCUT2D eigenvalue weighted by atomic mass is 10.0. The number of aryl methyl sites for hydroxylation is 2. The highest BCUT2D eigenvalue weighted by Gasteiger charge is 2.40.